The molecule has 0 spiro atoms. The number of carbonyl (C=O) groups excluding carboxylic acids is 1. The Morgan fingerprint density at radius 2 is 1.91 bits per heavy atom. The number of amides is 1. The van der Waals surface area contributed by atoms with Crippen LogP contribution < -0.4 is 5.32 Å². The molecule has 33 heavy (non-hydrogen) atoms. The fourth-order valence-electron chi connectivity index (χ4n) is 3.83. The Hall–Kier alpha value is -3.62. The molecule has 0 saturated carbocycles. The van der Waals surface area contributed by atoms with Crippen molar-refractivity contribution >= 4 is 16.9 Å². The summed E-state index contributed by atoms with van der Waals surface area (Å²) >= 11 is 0. The Morgan fingerprint density at radius 3 is 2.67 bits per heavy atom. The van der Waals surface area contributed by atoms with Crippen LogP contribution in [-0.2, 0) is 23.8 Å². The summed E-state index contributed by atoms with van der Waals surface area (Å²) in [4.78, 5) is 20.3. The average molecular weight is 455 g/mol. The summed E-state index contributed by atoms with van der Waals surface area (Å²) in [5, 5.41) is 7.27. The van der Waals surface area contributed by atoms with E-state index in [0.717, 1.165) is 35.4 Å². The van der Waals surface area contributed by atoms with Gasteiger partial charge in [0.1, 0.15) is 5.82 Å². The van der Waals surface area contributed by atoms with Gasteiger partial charge in [-0.05, 0) is 50.6 Å². The van der Waals surface area contributed by atoms with E-state index < -0.39 is 11.7 Å². The standard InChI is InChI=1S/C24H24F3N5O/c1-15-19(16(2)32(31-15)18-8-5-7-17(13-18)24(25,26)27)14-23(33)28-12-6-11-22-29-20-9-3-4-10-21(20)30-22/h3-5,7-10,13H,6,11-12,14H2,1-2H3,(H,28,33)(H,29,30). The van der Waals surface area contributed by atoms with Crippen LogP contribution in [0.1, 0.15) is 34.8 Å². The normalized spacial score (nSPS) is 11.8. The van der Waals surface area contributed by atoms with Crippen molar-refractivity contribution < 1.29 is 18.0 Å². The van der Waals surface area contributed by atoms with E-state index in [0.29, 0.717) is 35.6 Å². The Labute approximate surface area is 188 Å². The van der Waals surface area contributed by atoms with Gasteiger partial charge in [0.15, 0.2) is 0 Å². The summed E-state index contributed by atoms with van der Waals surface area (Å²) in [5.74, 6) is 0.717. The molecule has 0 aliphatic carbocycles. The van der Waals surface area contributed by atoms with Crippen LogP contribution in [0.5, 0.6) is 0 Å². The molecule has 0 aliphatic heterocycles. The predicted molar refractivity (Wildman–Crippen MR) is 119 cm³/mol. The number of hydrogen-bond acceptors (Lipinski definition) is 3. The summed E-state index contributed by atoms with van der Waals surface area (Å²) in [5.41, 5.74) is 3.44. The third kappa shape index (κ3) is 5.08. The van der Waals surface area contributed by atoms with E-state index >= 15 is 0 Å². The number of halogens is 3. The number of rotatable bonds is 7. The van der Waals surface area contributed by atoms with E-state index in [9.17, 15) is 18.0 Å². The largest absolute Gasteiger partial charge is 0.416 e. The fourth-order valence-corrected chi connectivity index (χ4v) is 3.83. The molecule has 0 fully saturated rings. The molecule has 2 heterocycles. The van der Waals surface area contributed by atoms with E-state index in [1.54, 1.807) is 19.9 Å². The first-order valence-electron chi connectivity index (χ1n) is 10.7. The number of alkyl halides is 3. The number of para-hydroxylation sites is 2. The number of fused-ring (bicyclic) bond motifs is 1. The molecule has 4 rings (SSSR count). The van der Waals surface area contributed by atoms with E-state index in [1.807, 2.05) is 24.3 Å². The smallest absolute Gasteiger partial charge is 0.356 e. The van der Waals surface area contributed by atoms with Gasteiger partial charge in [-0.15, -0.1) is 0 Å². The van der Waals surface area contributed by atoms with Crippen LogP contribution in [0, 0.1) is 13.8 Å². The number of carbonyl (C=O) groups is 1. The Bertz CT molecular complexity index is 1260. The van der Waals surface area contributed by atoms with Gasteiger partial charge in [0.2, 0.25) is 5.91 Å². The minimum absolute atomic E-state index is 0.112. The van der Waals surface area contributed by atoms with Crippen LogP contribution >= 0.6 is 0 Å². The number of nitrogens with zero attached hydrogens (tertiary/aromatic N) is 3. The Balaban J connectivity index is 1.36. The number of hydrogen-bond donors (Lipinski definition) is 2. The first-order chi connectivity index (χ1) is 15.7. The number of aromatic amines is 1. The number of aromatic nitrogens is 4. The molecule has 2 aromatic carbocycles. The first-order valence-corrected chi connectivity index (χ1v) is 10.7. The Kier molecular flexibility index (Phi) is 6.22. The Morgan fingerprint density at radius 1 is 1.12 bits per heavy atom. The van der Waals surface area contributed by atoms with E-state index in [-0.39, 0.29) is 12.3 Å². The summed E-state index contributed by atoms with van der Waals surface area (Å²) in [7, 11) is 0. The van der Waals surface area contributed by atoms with Crippen LogP contribution in [0.25, 0.3) is 16.7 Å². The maximum atomic E-state index is 13.1. The van der Waals surface area contributed by atoms with E-state index in [2.05, 4.69) is 20.4 Å². The number of imidazole rings is 1. The van der Waals surface area contributed by atoms with Crippen molar-refractivity contribution in [2.45, 2.75) is 39.3 Å². The highest BCUT2D eigenvalue weighted by atomic mass is 19.4. The molecule has 0 radical (unpaired) electrons. The summed E-state index contributed by atoms with van der Waals surface area (Å²) in [6.07, 6.45) is -2.88. The van der Waals surface area contributed by atoms with Gasteiger partial charge >= 0.3 is 6.18 Å². The van der Waals surface area contributed by atoms with Gasteiger partial charge in [-0.2, -0.15) is 18.3 Å². The predicted octanol–water partition coefficient (Wildman–Crippen LogP) is 4.68. The van der Waals surface area contributed by atoms with Gasteiger partial charge in [-0.25, -0.2) is 9.67 Å². The van der Waals surface area contributed by atoms with Crippen molar-refractivity contribution in [1.82, 2.24) is 25.1 Å². The molecule has 6 nitrogen and oxygen atoms in total. The highest BCUT2D eigenvalue weighted by Crippen LogP contribution is 2.31. The van der Waals surface area contributed by atoms with Gasteiger partial charge in [0.05, 0.1) is 34.4 Å². The summed E-state index contributed by atoms with van der Waals surface area (Å²) in [6.45, 7) is 4.00. The number of nitrogens with one attached hydrogen (secondary N) is 2. The van der Waals surface area contributed by atoms with Crippen LogP contribution in [-0.4, -0.2) is 32.2 Å². The minimum Gasteiger partial charge on any atom is -0.356 e. The second kappa shape index (κ2) is 9.09. The van der Waals surface area contributed by atoms with Crippen molar-refractivity contribution in [3.05, 3.63) is 76.9 Å². The monoisotopic (exact) mass is 455 g/mol. The van der Waals surface area contributed by atoms with E-state index in [4.69, 9.17) is 0 Å². The number of H-pyrrole nitrogens is 1. The second-order valence-corrected chi connectivity index (χ2v) is 7.94. The van der Waals surface area contributed by atoms with Crippen LogP contribution in [0.4, 0.5) is 13.2 Å². The third-order valence-electron chi connectivity index (χ3n) is 5.55. The highest BCUT2D eigenvalue weighted by molar-refractivity contribution is 5.79. The van der Waals surface area contributed by atoms with Gasteiger partial charge in [0, 0.05) is 24.2 Å². The molecular formula is C24H24F3N5O. The quantitative estimate of drug-likeness (QED) is 0.398. The lowest BCUT2D eigenvalue weighted by Crippen LogP contribution is -2.26. The molecule has 9 heteroatoms. The topological polar surface area (TPSA) is 75.6 Å². The molecule has 4 aromatic rings. The van der Waals surface area contributed by atoms with Gasteiger partial charge in [0.25, 0.3) is 0 Å². The van der Waals surface area contributed by atoms with Gasteiger partial charge in [-0.3, -0.25) is 4.79 Å². The number of aryl methyl sites for hydroxylation is 2. The lowest BCUT2D eigenvalue weighted by atomic mass is 10.1. The molecule has 2 N–H and O–H groups in total. The summed E-state index contributed by atoms with van der Waals surface area (Å²) < 4.78 is 40.6. The zero-order valence-electron chi connectivity index (χ0n) is 18.3. The zero-order chi connectivity index (χ0) is 23.6. The summed E-state index contributed by atoms with van der Waals surface area (Å²) in [6, 6.07) is 12.8. The maximum absolute atomic E-state index is 13.1. The lowest BCUT2D eigenvalue weighted by Gasteiger charge is -2.10. The molecule has 0 unspecified atom stereocenters. The van der Waals surface area contributed by atoms with Crippen LogP contribution in [0.2, 0.25) is 0 Å². The van der Waals surface area contributed by atoms with Gasteiger partial charge < -0.3 is 10.3 Å². The molecule has 0 aliphatic rings. The second-order valence-electron chi connectivity index (χ2n) is 7.94. The molecular weight excluding hydrogens is 431 g/mol. The first kappa shape index (κ1) is 22.6. The molecule has 0 saturated heterocycles. The van der Waals surface area contributed by atoms with Crippen molar-refractivity contribution in [2.75, 3.05) is 6.54 Å². The third-order valence-corrected chi connectivity index (χ3v) is 5.55. The van der Waals surface area contributed by atoms with Crippen molar-refractivity contribution in [3.8, 4) is 5.69 Å². The number of benzene rings is 2. The molecule has 0 atom stereocenters. The maximum Gasteiger partial charge on any atom is 0.416 e. The van der Waals surface area contributed by atoms with Crippen molar-refractivity contribution in [3.63, 3.8) is 0 Å². The highest BCUT2D eigenvalue weighted by Gasteiger charge is 2.30. The van der Waals surface area contributed by atoms with Crippen LogP contribution in [0.15, 0.2) is 48.5 Å². The van der Waals surface area contributed by atoms with Crippen LogP contribution in [0.3, 0.4) is 0 Å². The fraction of sp³-hybridized carbons (Fsp3) is 0.292. The molecule has 0 bridgehead atoms. The molecule has 172 valence electrons. The minimum atomic E-state index is -4.43. The SMILES string of the molecule is Cc1nn(-c2cccc(C(F)(F)F)c2)c(C)c1CC(=O)NCCCc1nc2ccccc2[nH]1. The lowest BCUT2D eigenvalue weighted by molar-refractivity contribution is -0.137. The van der Waals surface area contributed by atoms with Crippen molar-refractivity contribution in [2.24, 2.45) is 0 Å². The van der Waals surface area contributed by atoms with Gasteiger partial charge in [-0.1, -0.05) is 18.2 Å². The van der Waals surface area contributed by atoms with E-state index in [1.165, 1.54) is 10.7 Å². The molecule has 2 aromatic heterocycles. The van der Waals surface area contributed by atoms with Crippen molar-refractivity contribution in [1.29, 1.82) is 0 Å². The zero-order valence-corrected chi connectivity index (χ0v) is 18.3. The molecule has 1 amide bonds. The average Bonchev–Trinajstić information content (AvgIpc) is 3.32.